The van der Waals surface area contributed by atoms with Crippen LogP contribution >= 0.6 is 0 Å². The van der Waals surface area contributed by atoms with Gasteiger partial charge in [-0.25, -0.2) is 14.2 Å². The molecule has 2 aromatic carbocycles. The third kappa shape index (κ3) is 4.28. The van der Waals surface area contributed by atoms with Crippen LogP contribution in [0.4, 0.5) is 9.18 Å². The number of fused-ring (bicyclic) bond motifs is 3. The molecule has 1 heterocycles. The van der Waals surface area contributed by atoms with E-state index in [4.69, 9.17) is 9.47 Å². The van der Waals surface area contributed by atoms with Gasteiger partial charge in [-0.15, -0.1) is 0 Å². The van der Waals surface area contributed by atoms with Gasteiger partial charge in [0.1, 0.15) is 24.6 Å². The van der Waals surface area contributed by atoms with Crippen molar-refractivity contribution in [3.05, 3.63) is 83.3 Å². The maximum absolute atomic E-state index is 13.5. The fourth-order valence-corrected chi connectivity index (χ4v) is 3.98. The zero-order chi connectivity index (χ0) is 22.7. The number of amides is 1. The van der Waals surface area contributed by atoms with Gasteiger partial charge in [0.25, 0.3) is 0 Å². The maximum Gasteiger partial charge on any atom is 0.407 e. The van der Waals surface area contributed by atoms with Gasteiger partial charge in [0.2, 0.25) is 5.88 Å². The van der Waals surface area contributed by atoms with Gasteiger partial charge < -0.3 is 25.0 Å². The SMILES string of the molecule is COc1ncc(F)cc1C(O)C(O)CNC(=O)OCC1c2ccccc2-c2ccccc21. The molecular formula is C24H23FN2O5. The van der Waals surface area contributed by atoms with Gasteiger partial charge >= 0.3 is 6.09 Å². The number of pyridine rings is 1. The molecule has 4 rings (SSSR count). The lowest BCUT2D eigenvalue weighted by atomic mass is 9.98. The lowest BCUT2D eigenvalue weighted by Gasteiger charge is -2.20. The van der Waals surface area contributed by atoms with Crippen molar-refractivity contribution in [2.45, 2.75) is 18.1 Å². The first-order chi connectivity index (χ1) is 15.5. The van der Waals surface area contributed by atoms with Crippen molar-refractivity contribution in [1.29, 1.82) is 0 Å². The molecule has 2 atom stereocenters. The highest BCUT2D eigenvalue weighted by Crippen LogP contribution is 2.44. The van der Waals surface area contributed by atoms with Crippen molar-refractivity contribution in [3.63, 3.8) is 0 Å². The van der Waals surface area contributed by atoms with Crippen LogP contribution in [0.1, 0.15) is 28.7 Å². The lowest BCUT2D eigenvalue weighted by Crippen LogP contribution is -2.36. The standard InChI is InChI=1S/C24H23FN2O5/c1-31-23-19(10-14(25)11-26-23)22(29)21(28)12-27-24(30)32-13-20-17-8-4-2-6-15(17)16-7-3-5-9-18(16)20/h2-11,20-22,28-29H,12-13H2,1H3,(H,27,30). The second kappa shape index (κ2) is 9.33. The number of ether oxygens (including phenoxy) is 2. The topological polar surface area (TPSA) is 101 Å². The highest BCUT2D eigenvalue weighted by molar-refractivity contribution is 5.79. The van der Waals surface area contributed by atoms with Crippen LogP contribution in [-0.2, 0) is 4.74 Å². The molecule has 1 aliphatic rings. The van der Waals surface area contributed by atoms with E-state index in [0.717, 1.165) is 34.5 Å². The molecule has 32 heavy (non-hydrogen) atoms. The summed E-state index contributed by atoms with van der Waals surface area (Å²) >= 11 is 0. The summed E-state index contributed by atoms with van der Waals surface area (Å²) in [5, 5.41) is 23.0. The lowest BCUT2D eigenvalue weighted by molar-refractivity contribution is 0.0167. The number of nitrogens with one attached hydrogen (secondary N) is 1. The van der Waals surface area contributed by atoms with Gasteiger partial charge in [0.05, 0.1) is 13.3 Å². The van der Waals surface area contributed by atoms with Crippen LogP contribution < -0.4 is 10.1 Å². The molecule has 8 heteroatoms. The largest absolute Gasteiger partial charge is 0.481 e. The summed E-state index contributed by atoms with van der Waals surface area (Å²) < 4.78 is 23.9. The number of aliphatic hydroxyl groups is 2. The van der Waals surface area contributed by atoms with Crippen LogP contribution in [0.25, 0.3) is 11.1 Å². The Morgan fingerprint density at radius 2 is 1.75 bits per heavy atom. The predicted octanol–water partition coefficient (Wildman–Crippen LogP) is 3.16. The number of methoxy groups -OCH3 is 1. The Balaban J connectivity index is 1.36. The van der Waals surface area contributed by atoms with E-state index in [1.54, 1.807) is 0 Å². The van der Waals surface area contributed by atoms with Crippen LogP contribution in [0.3, 0.4) is 0 Å². The number of hydrogen-bond donors (Lipinski definition) is 3. The van der Waals surface area contributed by atoms with Crippen LogP contribution in [0.5, 0.6) is 5.88 Å². The number of halogens is 1. The zero-order valence-corrected chi connectivity index (χ0v) is 17.4. The molecule has 1 aliphatic carbocycles. The third-order valence-corrected chi connectivity index (χ3v) is 5.52. The zero-order valence-electron chi connectivity index (χ0n) is 17.4. The van der Waals surface area contributed by atoms with E-state index in [1.807, 2.05) is 48.5 Å². The minimum absolute atomic E-state index is 0.0147. The van der Waals surface area contributed by atoms with E-state index >= 15 is 0 Å². The monoisotopic (exact) mass is 438 g/mol. The van der Waals surface area contributed by atoms with Gasteiger partial charge in [0, 0.05) is 18.0 Å². The fraction of sp³-hybridized carbons (Fsp3) is 0.250. The van der Waals surface area contributed by atoms with Gasteiger partial charge in [0.15, 0.2) is 0 Å². The minimum atomic E-state index is -1.51. The van der Waals surface area contributed by atoms with Gasteiger partial charge in [-0.2, -0.15) is 0 Å². The first-order valence-corrected chi connectivity index (χ1v) is 10.1. The number of carbonyl (C=O) groups excluding carboxylic acids is 1. The number of hydrogen-bond acceptors (Lipinski definition) is 6. The number of alkyl carbamates (subject to hydrolysis) is 1. The Morgan fingerprint density at radius 1 is 1.12 bits per heavy atom. The van der Waals surface area contributed by atoms with Crippen LogP contribution in [0.2, 0.25) is 0 Å². The second-order valence-corrected chi connectivity index (χ2v) is 7.47. The highest BCUT2D eigenvalue weighted by Gasteiger charge is 2.29. The van der Waals surface area contributed by atoms with E-state index in [0.29, 0.717) is 0 Å². The molecule has 0 fully saturated rings. The molecule has 1 aromatic heterocycles. The van der Waals surface area contributed by atoms with Crippen molar-refractivity contribution in [2.24, 2.45) is 0 Å². The summed E-state index contributed by atoms with van der Waals surface area (Å²) in [5.74, 6) is -0.790. The van der Waals surface area contributed by atoms with Crippen LogP contribution in [-0.4, -0.2) is 47.7 Å². The quantitative estimate of drug-likeness (QED) is 0.524. The maximum atomic E-state index is 13.5. The van der Waals surface area contributed by atoms with Crippen molar-refractivity contribution in [3.8, 4) is 17.0 Å². The van der Waals surface area contributed by atoms with Gasteiger partial charge in [-0.3, -0.25) is 0 Å². The molecule has 3 N–H and O–H groups in total. The fourth-order valence-electron chi connectivity index (χ4n) is 3.98. The summed E-state index contributed by atoms with van der Waals surface area (Å²) in [6.07, 6.45) is -2.73. The van der Waals surface area contributed by atoms with Gasteiger partial charge in [-0.05, 0) is 28.3 Å². The van der Waals surface area contributed by atoms with Crippen molar-refractivity contribution in [1.82, 2.24) is 10.3 Å². The van der Waals surface area contributed by atoms with Gasteiger partial charge in [-0.1, -0.05) is 48.5 Å². The Kier molecular flexibility index (Phi) is 6.34. The first kappa shape index (κ1) is 21.7. The average Bonchev–Trinajstić information content (AvgIpc) is 3.14. The first-order valence-electron chi connectivity index (χ1n) is 10.1. The van der Waals surface area contributed by atoms with Crippen molar-refractivity contribution >= 4 is 6.09 Å². The predicted molar refractivity (Wildman–Crippen MR) is 115 cm³/mol. The molecule has 0 aliphatic heterocycles. The molecule has 166 valence electrons. The Morgan fingerprint density at radius 3 is 2.38 bits per heavy atom. The number of rotatable bonds is 7. The molecule has 0 spiro atoms. The van der Waals surface area contributed by atoms with E-state index in [9.17, 15) is 19.4 Å². The molecule has 0 saturated carbocycles. The summed E-state index contributed by atoms with van der Waals surface area (Å²) in [6, 6.07) is 17.0. The molecule has 2 unspecified atom stereocenters. The number of aliphatic hydroxyl groups excluding tert-OH is 2. The Bertz CT molecular complexity index is 1080. The van der Waals surface area contributed by atoms with Crippen molar-refractivity contribution in [2.75, 3.05) is 20.3 Å². The van der Waals surface area contributed by atoms with Crippen LogP contribution in [0.15, 0.2) is 60.8 Å². The molecule has 0 radical (unpaired) electrons. The van der Waals surface area contributed by atoms with E-state index in [1.165, 1.54) is 7.11 Å². The normalized spacial score (nSPS) is 14.2. The molecule has 3 aromatic rings. The van der Waals surface area contributed by atoms with E-state index < -0.39 is 24.1 Å². The summed E-state index contributed by atoms with van der Waals surface area (Å²) in [4.78, 5) is 16.0. The van der Waals surface area contributed by atoms with Crippen LogP contribution in [0, 0.1) is 5.82 Å². The number of carbonyl (C=O) groups is 1. The number of benzene rings is 2. The van der Waals surface area contributed by atoms with E-state index in [-0.39, 0.29) is 30.5 Å². The van der Waals surface area contributed by atoms with E-state index in [2.05, 4.69) is 10.3 Å². The highest BCUT2D eigenvalue weighted by atomic mass is 19.1. The molecule has 0 bridgehead atoms. The summed E-state index contributed by atoms with van der Waals surface area (Å²) in [5.41, 5.74) is 4.39. The summed E-state index contributed by atoms with van der Waals surface area (Å²) in [7, 11) is 1.32. The Labute approximate surface area is 184 Å². The third-order valence-electron chi connectivity index (χ3n) is 5.52. The Hall–Kier alpha value is -3.49. The molecular weight excluding hydrogens is 415 g/mol. The number of aromatic nitrogens is 1. The number of nitrogens with zero attached hydrogens (tertiary/aromatic N) is 1. The minimum Gasteiger partial charge on any atom is -0.481 e. The smallest absolute Gasteiger partial charge is 0.407 e. The average molecular weight is 438 g/mol. The molecule has 0 saturated heterocycles. The molecule has 7 nitrogen and oxygen atoms in total. The molecule has 1 amide bonds. The second-order valence-electron chi connectivity index (χ2n) is 7.47. The summed E-state index contributed by atoms with van der Waals surface area (Å²) in [6.45, 7) is -0.183. The van der Waals surface area contributed by atoms with Crippen molar-refractivity contribution < 1.29 is 28.9 Å².